The number of likely N-dealkylation sites (tertiary alicyclic amines) is 1. The Labute approximate surface area is 176 Å². The third-order valence-corrected chi connectivity index (χ3v) is 5.72. The van der Waals surface area contributed by atoms with Crippen molar-refractivity contribution < 1.29 is 18.7 Å². The molecule has 2 amide bonds. The van der Waals surface area contributed by atoms with Crippen LogP contribution in [0.25, 0.3) is 0 Å². The van der Waals surface area contributed by atoms with E-state index in [0.717, 1.165) is 24.2 Å². The summed E-state index contributed by atoms with van der Waals surface area (Å²) in [6.07, 6.45) is 1.60. The van der Waals surface area contributed by atoms with Gasteiger partial charge in [-0.15, -0.1) is 10.2 Å². The predicted octanol–water partition coefficient (Wildman–Crippen LogP) is 3.67. The Hall–Kier alpha value is -3.33. The van der Waals surface area contributed by atoms with Gasteiger partial charge in [0, 0.05) is 12.2 Å². The van der Waals surface area contributed by atoms with Gasteiger partial charge in [0.15, 0.2) is 6.61 Å². The molecular weight excluding hydrogens is 407 g/mol. The summed E-state index contributed by atoms with van der Waals surface area (Å²) in [6, 6.07) is 14.4. The minimum Gasteiger partial charge on any atom is -0.484 e. The second-order valence-electron chi connectivity index (χ2n) is 6.75. The number of hydrogen-bond acceptors (Lipinski definition) is 6. The Morgan fingerprint density at radius 2 is 1.90 bits per heavy atom. The van der Waals surface area contributed by atoms with Crippen LogP contribution in [0.3, 0.4) is 0 Å². The number of carbonyl (C=O) groups excluding carboxylic acids is 2. The molecular formula is C21H19FN4O3S. The van der Waals surface area contributed by atoms with Gasteiger partial charge in [-0.05, 0) is 49.2 Å². The van der Waals surface area contributed by atoms with Crippen molar-refractivity contribution in [3.8, 4) is 5.75 Å². The Morgan fingerprint density at radius 1 is 1.13 bits per heavy atom. The summed E-state index contributed by atoms with van der Waals surface area (Å²) in [5.74, 6) is -0.298. The molecule has 3 aromatic rings. The number of aromatic nitrogens is 2. The van der Waals surface area contributed by atoms with Crippen molar-refractivity contribution in [2.24, 2.45) is 0 Å². The Bertz CT molecular complexity index is 1030. The van der Waals surface area contributed by atoms with Crippen molar-refractivity contribution >= 4 is 28.8 Å². The van der Waals surface area contributed by atoms with Crippen LogP contribution in [0.1, 0.15) is 33.7 Å². The van der Waals surface area contributed by atoms with E-state index in [1.807, 2.05) is 18.2 Å². The van der Waals surface area contributed by atoms with Gasteiger partial charge in [-0.3, -0.25) is 9.59 Å². The highest BCUT2D eigenvalue weighted by Crippen LogP contribution is 2.33. The number of hydrogen-bond donors (Lipinski definition) is 1. The number of para-hydroxylation sites is 1. The Morgan fingerprint density at radius 3 is 2.67 bits per heavy atom. The minimum atomic E-state index is -0.423. The standard InChI is InChI=1S/C21H19FN4O3S/c22-14-8-10-15(11-9-14)23-19(28)21-25-24-20(30-21)17-7-4-12-26(17)18(27)13-29-16-5-2-1-3-6-16/h1-3,5-6,8-11,17H,4,7,12-13H2,(H,23,28). The second-order valence-corrected chi connectivity index (χ2v) is 7.76. The van der Waals surface area contributed by atoms with Crippen LogP contribution in [0.4, 0.5) is 10.1 Å². The third-order valence-electron chi connectivity index (χ3n) is 4.70. The Kier molecular flexibility index (Phi) is 5.99. The smallest absolute Gasteiger partial charge is 0.286 e. The van der Waals surface area contributed by atoms with Crippen molar-refractivity contribution in [1.29, 1.82) is 0 Å². The van der Waals surface area contributed by atoms with Crippen molar-refractivity contribution in [1.82, 2.24) is 15.1 Å². The average molecular weight is 426 g/mol. The molecule has 0 aliphatic carbocycles. The maximum absolute atomic E-state index is 13.0. The third kappa shape index (κ3) is 4.62. The summed E-state index contributed by atoms with van der Waals surface area (Å²) in [6.45, 7) is 0.551. The fourth-order valence-electron chi connectivity index (χ4n) is 3.25. The first-order valence-electron chi connectivity index (χ1n) is 9.48. The summed E-state index contributed by atoms with van der Waals surface area (Å²) in [5.41, 5.74) is 0.467. The van der Waals surface area contributed by atoms with Crippen LogP contribution in [0, 0.1) is 5.82 Å². The molecule has 1 atom stereocenters. The number of carbonyl (C=O) groups is 2. The number of rotatable bonds is 6. The largest absolute Gasteiger partial charge is 0.484 e. The van der Waals surface area contributed by atoms with E-state index in [9.17, 15) is 14.0 Å². The molecule has 30 heavy (non-hydrogen) atoms. The number of ether oxygens (including phenoxy) is 1. The molecule has 1 fully saturated rings. The molecule has 9 heteroatoms. The molecule has 1 aliphatic heterocycles. The van der Waals surface area contributed by atoms with E-state index < -0.39 is 5.91 Å². The van der Waals surface area contributed by atoms with Crippen LogP contribution in [0.2, 0.25) is 0 Å². The summed E-state index contributed by atoms with van der Waals surface area (Å²) < 4.78 is 18.6. The number of amides is 2. The molecule has 7 nitrogen and oxygen atoms in total. The highest BCUT2D eigenvalue weighted by atomic mass is 32.1. The summed E-state index contributed by atoms with van der Waals surface area (Å²) in [5, 5.41) is 11.6. The maximum Gasteiger partial charge on any atom is 0.286 e. The molecule has 1 unspecified atom stereocenters. The van der Waals surface area contributed by atoms with Gasteiger partial charge in [0.05, 0.1) is 6.04 Å². The topological polar surface area (TPSA) is 84.4 Å². The van der Waals surface area contributed by atoms with Gasteiger partial charge in [0.2, 0.25) is 5.01 Å². The first kappa shape index (κ1) is 20.0. The van der Waals surface area contributed by atoms with Crippen molar-refractivity contribution in [2.75, 3.05) is 18.5 Å². The highest BCUT2D eigenvalue weighted by Gasteiger charge is 2.33. The average Bonchev–Trinajstić information content (AvgIpc) is 3.44. The number of anilines is 1. The van der Waals surface area contributed by atoms with E-state index in [1.54, 1.807) is 17.0 Å². The molecule has 1 N–H and O–H groups in total. The molecule has 0 saturated carbocycles. The predicted molar refractivity (Wildman–Crippen MR) is 110 cm³/mol. The van der Waals surface area contributed by atoms with Crippen LogP contribution in [-0.4, -0.2) is 40.1 Å². The zero-order valence-electron chi connectivity index (χ0n) is 16.0. The molecule has 0 spiro atoms. The number of halogens is 1. The lowest BCUT2D eigenvalue weighted by molar-refractivity contribution is -0.134. The van der Waals surface area contributed by atoms with Gasteiger partial charge < -0.3 is 15.0 Å². The van der Waals surface area contributed by atoms with E-state index in [0.29, 0.717) is 23.0 Å². The number of nitrogens with zero attached hydrogens (tertiary/aromatic N) is 3. The number of nitrogens with one attached hydrogen (secondary N) is 1. The highest BCUT2D eigenvalue weighted by molar-refractivity contribution is 7.13. The van der Waals surface area contributed by atoms with Crippen molar-refractivity contribution in [2.45, 2.75) is 18.9 Å². The minimum absolute atomic E-state index is 0.0583. The van der Waals surface area contributed by atoms with E-state index in [2.05, 4.69) is 15.5 Å². The zero-order chi connectivity index (χ0) is 20.9. The first-order valence-corrected chi connectivity index (χ1v) is 10.3. The molecule has 4 rings (SSSR count). The van der Waals surface area contributed by atoms with Crippen LogP contribution < -0.4 is 10.1 Å². The maximum atomic E-state index is 13.0. The van der Waals surface area contributed by atoms with Gasteiger partial charge in [-0.2, -0.15) is 0 Å². The van der Waals surface area contributed by atoms with Crippen LogP contribution in [0.15, 0.2) is 54.6 Å². The zero-order valence-corrected chi connectivity index (χ0v) is 16.8. The fraction of sp³-hybridized carbons (Fsp3) is 0.238. The molecule has 1 aromatic heterocycles. The molecule has 1 aliphatic rings. The molecule has 154 valence electrons. The van der Waals surface area contributed by atoms with Gasteiger partial charge in [-0.25, -0.2) is 4.39 Å². The number of benzene rings is 2. The lowest BCUT2D eigenvalue weighted by atomic mass is 10.2. The monoisotopic (exact) mass is 426 g/mol. The quantitative estimate of drug-likeness (QED) is 0.650. The summed E-state index contributed by atoms with van der Waals surface area (Å²) in [4.78, 5) is 26.8. The lowest BCUT2D eigenvalue weighted by Crippen LogP contribution is -2.34. The van der Waals surface area contributed by atoms with Gasteiger partial charge >= 0.3 is 0 Å². The molecule has 2 aromatic carbocycles. The van der Waals surface area contributed by atoms with Gasteiger partial charge in [0.25, 0.3) is 11.8 Å². The van der Waals surface area contributed by atoms with Crippen molar-refractivity contribution in [3.05, 3.63) is 70.4 Å². The summed E-state index contributed by atoms with van der Waals surface area (Å²) in [7, 11) is 0. The summed E-state index contributed by atoms with van der Waals surface area (Å²) >= 11 is 1.15. The van der Waals surface area contributed by atoms with Gasteiger partial charge in [0.1, 0.15) is 16.6 Å². The van der Waals surface area contributed by atoms with E-state index in [1.165, 1.54) is 24.3 Å². The van der Waals surface area contributed by atoms with E-state index in [4.69, 9.17) is 4.74 Å². The Balaban J connectivity index is 1.39. The van der Waals surface area contributed by atoms with Crippen LogP contribution in [-0.2, 0) is 4.79 Å². The van der Waals surface area contributed by atoms with E-state index in [-0.39, 0.29) is 29.4 Å². The van der Waals surface area contributed by atoms with Gasteiger partial charge in [-0.1, -0.05) is 29.5 Å². The first-order chi connectivity index (χ1) is 14.6. The fourth-order valence-corrected chi connectivity index (χ4v) is 4.13. The molecule has 0 radical (unpaired) electrons. The van der Waals surface area contributed by atoms with E-state index >= 15 is 0 Å². The normalized spacial score (nSPS) is 15.8. The molecule has 1 saturated heterocycles. The van der Waals surface area contributed by atoms with Crippen molar-refractivity contribution in [3.63, 3.8) is 0 Å². The molecule has 0 bridgehead atoms. The SMILES string of the molecule is O=C(Nc1ccc(F)cc1)c1nnc(C2CCCN2C(=O)COc2ccccc2)s1. The van der Waals surface area contributed by atoms with Crippen LogP contribution >= 0.6 is 11.3 Å². The lowest BCUT2D eigenvalue weighted by Gasteiger charge is -2.22. The van der Waals surface area contributed by atoms with Crippen LogP contribution in [0.5, 0.6) is 5.75 Å². The second kappa shape index (κ2) is 9.00. The molecule has 2 heterocycles.